The lowest BCUT2D eigenvalue weighted by atomic mass is 10.0. The molecule has 0 aromatic heterocycles. The zero-order chi connectivity index (χ0) is 31.2. The Morgan fingerprint density at radius 2 is 1.51 bits per heavy atom. The summed E-state index contributed by atoms with van der Waals surface area (Å²) < 4.78 is 22.1. The van der Waals surface area contributed by atoms with E-state index in [0.717, 1.165) is 11.1 Å². The number of hydrogen-bond donors (Lipinski definition) is 3. The first kappa shape index (κ1) is 32.8. The molecule has 0 spiro atoms. The van der Waals surface area contributed by atoms with Crippen LogP contribution < -0.4 is 25.8 Å². The number of carbonyl (C=O) groups is 3. The Labute approximate surface area is 252 Å². The van der Waals surface area contributed by atoms with E-state index in [1.807, 2.05) is 42.5 Å². The maximum absolute atomic E-state index is 13.0. The van der Waals surface area contributed by atoms with Crippen molar-refractivity contribution in [3.05, 3.63) is 89.5 Å². The summed E-state index contributed by atoms with van der Waals surface area (Å²) in [5.41, 5.74) is 7.70. The average molecular weight is 592 g/mol. The molecule has 3 aromatic carbocycles. The number of anilines is 1. The number of hydrogen-bond acceptors (Lipinski definition) is 8. The van der Waals surface area contributed by atoms with Crippen LogP contribution in [0.1, 0.15) is 55.1 Å². The number of methoxy groups -OCH3 is 1. The van der Waals surface area contributed by atoms with Crippen LogP contribution >= 0.6 is 0 Å². The van der Waals surface area contributed by atoms with E-state index in [2.05, 4.69) is 10.6 Å². The maximum atomic E-state index is 13.0. The Balaban J connectivity index is 1.53. The maximum Gasteiger partial charge on any atom is 0.408 e. The third-order valence-electron chi connectivity index (χ3n) is 6.17. The largest absolute Gasteiger partial charge is 0.493 e. The minimum atomic E-state index is -0.837. The predicted octanol–water partition coefficient (Wildman–Crippen LogP) is 5.05. The fraction of sp³-hybridized carbons (Fsp3) is 0.364. The van der Waals surface area contributed by atoms with Gasteiger partial charge in [0.1, 0.15) is 35.3 Å². The van der Waals surface area contributed by atoms with Crippen LogP contribution in [0.4, 0.5) is 10.5 Å². The van der Waals surface area contributed by atoms with E-state index in [1.165, 1.54) is 7.11 Å². The first-order valence-corrected chi connectivity index (χ1v) is 14.2. The zero-order valence-corrected chi connectivity index (χ0v) is 25.2. The number of nitrogens with two attached hydrogens (primary N) is 1. The van der Waals surface area contributed by atoms with Crippen molar-refractivity contribution in [1.29, 1.82) is 0 Å². The van der Waals surface area contributed by atoms with Crippen LogP contribution in [-0.2, 0) is 27.3 Å². The molecule has 0 saturated carbocycles. The molecule has 0 aliphatic rings. The summed E-state index contributed by atoms with van der Waals surface area (Å²) in [6.07, 6.45) is 0.795. The minimum Gasteiger partial charge on any atom is -0.493 e. The molecule has 0 radical (unpaired) electrons. The fourth-order valence-corrected chi connectivity index (χ4v) is 4.08. The van der Waals surface area contributed by atoms with Crippen LogP contribution in [0.2, 0.25) is 0 Å². The number of nitrogen functional groups attached to an aromatic ring is 1. The second-order valence-corrected chi connectivity index (χ2v) is 10.9. The molecule has 0 bridgehead atoms. The van der Waals surface area contributed by atoms with Crippen molar-refractivity contribution in [3.63, 3.8) is 0 Å². The van der Waals surface area contributed by atoms with Gasteiger partial charge in [0.05, 0.1) is 13.7 Å². The van der Waals surface area contributed by atoms with E-state index >= 15 is 0 Å². The first-order valence-electron chi connectivity index (χ1n) is 14.2. The molecule has 10 nitrogen and oxygen atoms in total. The van der Waals surface area contributed by atoms with Gasteiger partial charge in [-0.25, -0.2) is 9.59 Å². The molecule has 0 unspecified atom stereocenters. The summed E-state index contributed by atoms with van der Waals surface area (Å²) >= 11 is 0. The second kappa shape index (κ2) is 16.1. The smallest absolute Gasteiger partial charge is 0.408 e. The number of unbranched alkanes of at least 4 members (excludes halogenated alkanes) is 1. The molecule has 0 heterocycles. The zero-order valence-electron chi connectivity index (χ0n) is 25.2. The van der Waals surface area contributed by atoms with E-state index in [0.29, 0.717) is 43.2 Å². The highest BCUT2D eigenvalue weighted by Crippen LogP contribution is 2.30. The molecule has 0 aliphatic carbocycles. The van der Waals surface area contributed by atoms with Crippen LogP contribution in [0.5, 0.6) is 11.5 Å². The molecule has 0 saturated heterocycles. The van der Waals surface area contributed by atoms with E-state index in [1.54, 1.807) is 51.1 Å². The van der Waals surface area contributed by atoms with Gasteiger partial charge in [0.15, 0.2) is 0 Å². The van der Waals surface area contributed by atoms with Gasteiger partial charge in [-0.15, -0.1) is 0 Å². The summed E-state index contributed by atoms with van der Waals surface area (Å²) in [7, 11) is 1.31. The summed E-state index contributed by atoms with van der Waals surface area (Å²) in [5.74, 6) is -0.174. The number of alkyl carbamates (subject to hydrolysis) is 1. The quantitative estimate of drug-likeness (QED) is 0.135. The van der Waals surface area contributed by atoms with Gasteiger partial charge in [-0.05, 0) is 69.0 Å². The van der Waals surface area contributed by atoms with Gasteiger partial charge in [0, 0.05) is 18.7 Å². The Morgan fingerprint density at radius 1 is 0.837 bits per heavy atom. The fourth-order valence-electron chi connectivity index (χ4n) is 4.08. The molecule has 3 aromatic rings. The van der Waals surface area contributed by atoms with Crippen LogP contribution in [-0.4, -0.2) is 49.9 Å². The van der Waals surface area contributed by atoms with E-state index in [-0.39, 0.29) is 24.5 Å². The number of rotatable bonds is 14. The van der Waals surface area contributed by atoms with Gasteiger partial charge < -0.3 is 35.3 Å². The molecule has 230 valence electrons. The third-order valence-corrected chi connectivity index (χ3v) is 6.17. The molecule has 10 heteroatoms. The summed E-state index contributed by atoms with van der Waals surface area (Å²) in [5, 5.41) is 5.55. The Morgan fingerprint density at radius 3 is 2.16 bits per heavy atom. The Kier molecular flexibility index (Phi) is 12.2. The lowest BCUT2D eigenvalue weighted by molar-refractivity contribution is -0.123. The van der Waals surface area contributed by atoms with Crippen molar-refractivity contribution >= 4 is 23.7 Å². The summed E-state index contributed by atoms with van der Waals surface area (Å²) in [6, 6.07) is 21.0. The van der Waals surface area contributed by atoms with Crippen LogP contribution in [0.15, 0.2) is 72.8 Å². The second-order valence-electron chi connectivity index (χ2n) is 10.9. The third kappa shape index (κ3) is 11.2. The lowest BCUT2D eigenvalue weighted by Crippen LogP contribution is -2.49. The molecule has 2 amide bonds. The summed E-state index contributed by atoms with van der Waals surface area (Å²) in [6.45, 7) is 6.22. The van der Waals surface area contributed by atoms with Crippen molar-refractivity contribution < 1.29 is 33.3 Å². The van der Waals surface area contributed by atoms with Crippen molar-refractivity contribution in [1.82, 2.24) is 10.6 Å². The first-order chi connectivity index (χ1) is 20.6. The van der Waals surface area contributed by atoms with E-state index in [4.69, 9.17) is 24.7 Å². The molecule has 4 N–H and O–H groups in total. The number of nitrogens with one attached hydrogen (secondary N) is 2. The van der Waals surface area contributed by atoms with Gasteiger partial charge in [-0.1, -0.05) is 48.5 Å². The molecule has 43 heavy (non-hydrogen) atoms. The molecular formula is C33H41N3O7. The van der Waals surface area contributed by atoms with Crippen molar-refractivity contribution in [2.75, 3.05) is 26.0 Å². The monoisotopic (exact) mass is 591 g/mol. The number of benzene rings is 3. The topological polar surface area (TPSA) is 138 Å². The molecular weight excluding hydrogens is 550 g/mol. The van der Waals surface area contributed by atoms with Crippen molar-refractivity contribution in [2.45, 2.75) is 58.3 Å². The van der Waals surface area contributed by atoms with Gasteiger partial charge in [0.25, 0.3) is 0 Å². The van der Waals surface area contributed by atoms with Crippen molar-refractivity contribution in [3.8, 4) is 11.5 Å². The number of amides is 2. The van der Waals surface area contributed by atoms with Crippen LogP contribution in [0.25, 0.3) is 0 Å². The normalized spacial score (nSPS) is 11.6. The molecule has 1 atom stereocenters. The Bertz CT molecular complexity index is 1340. The molecule has 3 rings (SSSR count). The predicted molar refractivity (Wildman–Crippen MR) is 164 cm³/mol. The number of esters is 1. The van der Waals surface area contributed by atoms with Crippen molar-refractivity contribution in [2.24, 2.45) is 0 Å². The highest BCUT2D eigenvalue weighted by atomic mass is 16.6. The molecule has 0 fully saturated rings. The van der Waals surface area contributed by atoms with Gasteiger partial charge in [-0.2, -0.15) is 0 Å². The number of carbonyl (C=O) groups excluding carboxylic acids is 3. The number of ether oxygens (including phenoxy) is 4. The summed E-state index contributed by atoms with van der Waals surface area (Å²) in [4.78, 5) is 38.0. The van der Waals surface area contributed by atoms with E-state index in [9.17, 15) is 14.4 Å². The Hall–Kier alpha value is -4.73. The highest BCUT2D eigenvalue weighted by Gasteiger charge is 2.25. The van der Waals surface area contributed by atoms with Gasteiger partial charge in [0.2, 0.25) is 5.91 Å². The van der Waals surface area contributed by atoms with E-state index < -0.39 is 23.7 Å². The highest BCUT2D eigenvalue weighted by molar-refractivity contribution is 5.95. The lowest BCUT2D eigenvalue weighted by Gasteiger charge is -2.23. The standard InChI is InChI=1S/C33H41N3O7/c1-33(2,3)43-32(39)36-26(21-23-15-17-25(34)18-16-23)30(37)35-19-8-9-20-41-27-13-10-14-28(29(27)31(38)40-4)42-22-24-11-6-5-7-12-24/h5-7,10-18,26H,8-9,19-22,34H2,1-4H3,(H,35,37)(H,36,39)/t26-/m0/s1. The average Bonchev–Trinajstić information content (AvgIpc) is 2.97. The minimum absolute atomic E-state index is 0.216. The SMILES string of the molecule is COC(=O)c1c(OCCCCNC(=O)[C@H](Cc2ccc(N)cc2)NC(=O)OC(C)(C)C)cccc1OCc1ccccc1. The van der Waals surface area contributed by atoms with Gasteiger partial charge in [-0.3, -0.25) is 4.79 Å². The molecule has 0 aliphatic heterocycles. The van der Waals surface area contributed by atoms with Gasteiger partial charge >= 0.3 is 12.1 Å². The van der Waals surface area contributed by atoms with Crippen LogP contribution in [0, 0.1) is 0 Å². The van der Waals surface area contributed by atoms with Crippen LogP contribution in [0.3, 0.4) is 0 Å².